The first-order chi connectivity index (χ1) is 17.5. The van der Waals surface area contributed by atoms with Crippen molar-refractivity contribution in [3.63, 3.8) is 0 Å². The Balaban J connectivity index is 2.23. The van der Waals surface area contributed by atoms with Crippen molar-refractivity contribution in [3.8, 4) is 5.75 Å². The molecule has 1 aliphatic rings. The van der Waals surface area contributed by atoms with Crippen molar-refractivity contribution >= 4 is 34.7 Å². The second-order valence-corrected chi connectivity index (χ2v) is 11.6. The second-order valence-electron chi connectivity index (χ2n) is 10.5. The number of hydrogen-bond donors (Lipinski definition) is 3. The van der Waals surface area contributed by atoms with E-state index >= 15 is 0 Å². The van der Waals surface area contributed by atoms with Crippen LogP contribution in [0.1, 0.15) is 78.7 Å². The van der Waals surface area contributed by atoms with Gasteiger partial charge >= 0.3 is 5.97 Å². The molecule has 2 rings (SSSR count). The number of esters is 1. The van der Waals surface area contributed by atoms with Crippen LogP contribution in [-0.2, 0) is 30.3 Å². The van der Waals surface area contributed by atoms with Crippen LogP contribution in [0.4, 0.5) is 0 Å². The van der Waals surface area contributed by atoms with Crippen LogP contribution in [0.15, 0.2) is 24.3 Å². The van der Waals surface area contributed by atoms with Crippen LogP contribution in [0.5, 0.6) is 5.75 Å². The zero-order valence-corrected chi connectivity index (χ0v) is 23.5. The van der Waals surface area contributed by atoms with Gasteiger partial charge in [-0.2, -0.15) is 0 Å². The average molecular weight is 535 g/mol. The Kier molecular flexibility index (Phi) is 11.9. The van der Waals surface area contributed by atoms with E-state index in [-0.39, 0.29) is 41.6 Å². The zero-order chi connectivity index (χ0) is 27.6. The van der Waals surface area contributed by atoms with E-state index in [0.29, 0.717) is 12.8 Å². The van der Waals surface area contributed by atoms with Gasteiger partial charge in [0.2, 0.25) is 11.8 Å². The Hall–Kier alpha value is -2.55. The molecule has 0 heterocycles. The summed E-state index contributed by atoms with van der Waals surface area (Å²) in [6.07, 6.45) is 4.21. The van der Waals surface area contributed by atoms with E-state index in [4.69, 9.17) is 4.74 Å². The van der Waals surface area contributed by atoms with Gasteiger partial charge in [0.1, 0.15) is 17.3 Å². The monoisotopic (exact) mass is 534 g/mol. The SMILES string of the molecule is CCCCOC(=O)[C@H](Cc1ccc(O)cc1)NC(=O)C1(NC(=O)[C@H](SC(=O)C(C)C)C(C)C)CCCC1. The van der Waals surface area contributed by atoms with Gasteiger partial charge in [-0.3, -0.25) is 14.4 Å². The molecule has 0 radical (unpaired) electrons. The summed E-state index contributed by atoms with van der Waals surface area (Å²) in [5.74, 6) is -1.50. The third-order valence-corrected chi connectivity index (χ3v) is 8.26. The third-order valence-electron chi connectivity index (χ3n) is 6.54. The molecule has 0 spiro atoms. The van der Waals surface area contributed by atoms with Crippen molar-refractivity contribution in [1.82, 2.24) is 10.6 Å². The lowest BCUT2D eigenvalue weighted by molar-refractivity contribution is -0.149. The summed E-state index contributed by atoms with van der Waals surface area (Å²) in [4.78, 5) is 52.3. The number of thioether (sulfide) groups is 1. The lowest BCUT2D eigenvalue weighted by Crippen LogP contribution is -2.61. The highest BCUT2D eigenvalue weighted by Crippen LogP contribution is 2.32. The molecule has 1 fully saturated rings. The number of aromatic hydroxyl groups is 1. The van der Waals surface area contributed by atoms with Crippen molar-refractivity contribution in [2.75, 3.05) is 6.61 Å². The molecule has 1 aliphatic carbocycles. The van der Waals surface area contributed by atoms with Crippen molar-refractivity contribution < 1.29 is 29.0 Å². The molecule has 0 unspecified atom stereocenters. The number of benzene rings is 1. The molecule has 0 saturated heterocycles. The van der Waals surface area contributed by atoms with Gasteiger partial charge in [-0.05, 0) is 42.9 Å². The number of carbonyl (C=O) groups excluding carboxylic acids is 4. The molecular formula is C28H42N2O6S. The smallest absolute Gasteiger partial charge is 0.328 e. The molecule has 1 aromatic rings. The van der Waals surface area contributed by atoms with E-state index < -0.39 is 28.7 Å². The molecule has 0 aliphatic heterocycles. The molecule has 1 aromatic carbocycles. The topological polar surface area (TPSA) is 122 Å². The van der Waals surface area contributed by atoms with Crippen LogP contribution in [0, 0.1) is 11.8 Å². The number of rotatable bonds is 13. The van der Waals surface area contributed by atoms with Crippen molar-refractivity contribution in [2.45, 2.75) is 96.4 Å². The number of amides is 2. The van der Waals surface area contributed by atoms with Crippen molar-refractivity contribution in [1.29, 1.82) is 0 Å². The summed E-state index contributed by atoms with van der Waals surface area (Å²) >= 11 is 1.02. The minimum atomic E-state index is -1.15. The highest BCUT2D eigenvalue weighted by atomic mass is 32.2. The first kappa shape index (κ1) is 30.7. The molecule has 37 heavy (non-hydrogen) atoms. The van der Waals surface area contributed by atoms with Crippen LogP contribution >= 0.6 is 11.8 Å². The Morgan fingerprint density at radius 3 is 2.22 bits per heavy atom. The van der Waals surface area contributed by atoms with Gasteiger partial charge in [0.05, 0.1) is 11.9 Å². The second kappa shape index (κ2) is 14.4. The maximum absolute atomic E-state index is 13.7. The van der Waals surface area contributed by atoms with E-state index in [0.717, 1.165) is 43.0 Å². The number of phenolic OH excluding ortho intramolecular Hbond substituents is 1. The molecule has 206 valence electrons. The minimum Gasteiger partial charge on any atom is -0.508 e. The van der Waals surface area contributed by atoms with Crippen LogP contribution in [-0.4, -0.2) is 51.4 Å². The standard InChI is InChI=1S/C28H42N2O6S/c1-6-7-16-36-25(33)22(17-20-10-12-21(31)13-11-20)29-27(35)28(14-8-9-15-28)30-24(32)23(18(2)3)37-26(34)19(4)5/h10-13,18-19,22-23,31H,6-9,14-17H2,1-5H3,(H,29,35)(H,30,32)/t22-,23+/m0/s1. The van der Waals surface area contributed by atoms with Crippen LogP contribution in [0.3, 0.4) is 0 Å². The molecule has 0 bridgehead atoms. The summed E-state index contributed by atoms with van der Waals surface area (Å²) in [6, 6.07) is 5.49. The molecule has 0 aromatic heterocycles. The summed E-state index contributed by atoms with van der Waals surface area (Å²) in [5.41, 5.74) is -0.397. The largest absolute Gasteiger partial charge is 0.508 e. The Morgan fingerprint density at radius 1 is 1.05 bits per heavy atom. The average Bonchev–Trinajstić information content (AvgIpc) is 3.32. The Bertz CT molecular complexity index is 925. The maximum atomic E-state index is 13.7. The first-order valence-electron chi connectivity index (χ1n) is 13.3. The highest BCUT2D eigenvalue weighted by molar-refractivity contribution is 8.14. The lowest BCUT2D eigenvalue weighted by atomic mass is 9.94. The highest BCUT2D eigenvalue weighted by Gasteiger charge is 2.45. The third kappa shape index (κ3) is 9.05. The van der Waals surface area contributed by atoms with E-state index in [2.05, 4.69) is 10.6 Å². The summed E-state index contributed by atoms with van der Waals surface area (Å²) in [5, 5.41) is 14.7. The van der Waals surface area contributed by atoms with Gasteiger partial charge in [-0.25, -0.2) is 4.79 Å². The van der Waals surface area contributed by atoms with Crippen molar-refractivity contribution in [2.24, 2.45) is 11.8 Å². The van der Waals surface area contributed by atoms with Crippen LogP contribution < -0.4 is 10.6 Å². The van der Waals surface area contributed by atoms with E-state index in [1.54, 1.807) is 26.0 Å². The van der Waals surface area contributed by atoms with E-state index in [1.807, 2.05) is 20.8 Å². The quantitative estimate of drug-likeness (QED) is 0.257. The number of hydrogen-bond acceptors (Lipinski definition) is 7. The van der Waals surface area contributed by atoms with E-state index in [9.17, 15) is 24.3 Å². The number of nitrogens with one attached hydrogen (secondary N) is 2. The van der Waals surface area contributed by atoms with Gasteiger partial charge in [0, 0.05) is 12.3 Å². The zero-order valence-electron chi connectivity index (χ0n) is 22.7. The Morgan fingerprint density at radius 2 is 1.68 bits per heavy atom. The molecule has 2 atom stereocenters. The molecule has 9 heteroatoms. The van der Waals surface area contributed by atoms with E-state index in [1.165, 1.54) is 12.1 Å². The lowest BCUT2D eigenvalue weighted by Gasteiger charge is -2.33. The van der Waals surface area contributed by atoms with Gasteiger partial charge in [-0.15, -0.1) is 0 Å². The summed E-state index contributed by atoms with van der Waals surface area (Å²) < 4.78 is 5.42. The van der Waals surface area contributed by atoms with Gasteiger partial charge in [-0.1, -0.05) is 77.8 Å². The number of ether oxygens (including phenoxy) is 1. The minimum absolute atomic E-state index is 0.0671. The molecule has 2 amide bonds. The maximum Gasteiger partial charge on any atom is 0.328 e. The molecule has 8 nitrogen and oxygen atoms in total. The first-order valence-corrected chi connectivity index (χ1v) is 14.1. The number of unbranched alkanes of at least 4 members (excludes halogenated alkanes) is 1. The van der Waals surface area contributed by atoms with Gasteiger partial charge in [0.15, 0.2) is 5.12 Å². The molecular weight excluding hydrogens is 492 g/mol. The van der Waals surface area contributed by atoms with Gasteiger partial charge in [0.25, 0.3) is 0 Å². The van der Waals surface area contributed by atoms with Crippen molar-refractivity contribution in [3.05, 3.63) is 29.8 Å². The van der Waals surface area contributed by atoms with Crippen LogP contribution in [0.25, 0.3) is 0 Å². The van der Waals surface area contributed by atoms with Gasteiger partial charge < -0.3 is 20.5 Å². The fourth-order valence-electron chi connectivity index (χ4n) is 4.22. The summed E-state index contributed by atoms with van der Waals surface area (Å²) in [7, 11) is 0. The van der Waals surface area contributed by atoms with Crippen LogP contribution in [0.2, 0.25) is 0 Å². The fraction of sp³-hybridized carbons (Fsp3) is 0.643. The number of carbonyl (C=O) groups is 4. The number of phenols is 1. The fourth-order valence-corrected chi connectivity index (χ4v) is 5.18. The predicted octanol–water partition coefficient (Wildman–Crippen LogP) is 4.13. The normalized spacial score (nSPS) is 16.3. The predicted molar refractivity (Wildman–Crippen MR) is 145 cm³/mol. The molecule has 1 saturated carbocycles. The molecule has 3 N–H and O–H groups in total. The summed E-state index contributed by atoms with van der Waals surface area (Å²) in [6.45, 7) is 9.61. The Labute approximate surface area is 224 Å².